The molecule has 174 valence electrons. The Morgan fingerprint density at radius 1 is 1.06 bits per heavy atom. The van der Waals surface area contributed by atoms with Crippen LogP contribution < -0.4 is 4.90 Å². The molecule has 0 bridgehead atoms. The van der Waals surface area contributed by atoms with Gasteiger partial charge in [0.25, 0.3) is 11.8 Å². The molecule has 2 atom stereocenters. The van der Waals surface area contributed by atoms with Gasteiger partial charge in [-0.25, -0.2) is 4.90 Å². The summed E-state index contributed by atoms with van der Waals surface area (Å²) in [5, 5.41) is 12.9. The molecule has 0 N–H and O–H groups in total. The van der Waals surface area contributed by atoms with Gasteiger partial charge in [-0.2, -0.15) is 23.3 Å². The van der Waals surface area contributed by atoms with E-state index in [9.17, 15) is 22.8 Å². The van der Waals surface area contributed by atoms with Crippen LogP contribution in [0.15, 0.2) is 63.4 Å². The number of nitrogens with zero attached hydrogens (tertiary/aromatic N) is 6. The molecule has 3 heterocycles. The molecular formula is C22H17F3N6O3. The van der Waals surface area contributed by atoms with Crippen molar-refractivity contribution in [1.82, 2.24) is 15.1 Å². The summed E-state index contributed by atoms with van der Waals surface area (Å²) in [6, 6.07) is 9.67. The summed E-state index contributed by atoms with van der Waals surface area (Å²) in [5.41, 5.74) is 0.799. The van der Waals surface area contributed by atoms with Crippen molar-refractivity contribution in [1.29, 1.82) is 0 Å². The van der Waals surface area contributed by atoms with E-state index in [-0.39, 0.29) is 23.8 Å². The molecule has 1 saturated heterocycles. The minimum absolute atomic E-state index is 0.0120. The van der Waals surface area contributed by atoms with E-state index >= 15 is 0 Å². The van der Waals surface area contributed by atoms with Crippen LogP contribution in [0, 0.1) is 0 Å². The van der Waals surface area contributed by atoms with Gasteiger partial charge in [0.2, 0.25) is 11.7 Å². The normalized spacial score (nSPS) is 19.9. The molecular weight excluding hydrogens is 453 g/mol. The third kappa shape index (κ3) is 3.70. The van der Waals surface area contributed by atoms with Crippen LogP contribution in [0.3, 0.4) is 0 Å². The average molecular weight is 470 g/mol. The number of alkyl halides is 3. The molecule has 2 aliphatic heterocycles. The lowest BCUT2D eigenvalue weighted by Crippen LogP contribution is -2.39. The van der Waals surface area contributed by atoms with Gasteiger partial charge in [0.15, 0.2) is 12.1 Å². The maximum Gasteiger partial charge on any atom is 0.416 e. The van der Waals surface area contributed by atoms with E-state index in [4.69, 9.17) is 4.52 Å². The number of carbonyl (C=O) groups is 2. The van der Waals surface area contributed by atoms with E-state index in [0.717, 1.165) is 29.0 Å². The molecule has 1 fully saturated rings. The Kier molecular flexibility index (Phi) is 5.14. The number of rotatable bonds is 5. The van der Waals surface area contributed by atoms with E-state index in [2.05, 4.69) is 20.5 Å². The lowest BCUT2D eigenvalue weighted by Gasteiger charge is -2.19. The topological polar surface area (TPSA) is 104 Å². The van der Waals surface area contributed by atoms with Crippen LogP contribution in [0.25, 0.3) is 11.4 Å². The number of anilines is 1. The van der Waals surface area contributed by atoms with E-state index in [0.29, 0.717) is 5.69 Å². The van der Waals surface area contributed by atoms with Crippen LogP contribution in [0.4, 0.5) is 18.9 Å². The molecule has 2 amide bonds. The van der Waals surface area contributed by atoms with Gasteiger partial charge >= 0.3 is 6.18 Å². The molecule has 34 heavy (non-hydrogen) atoms. The number of imide groups is 1. The predicted molar refractivity (Wildman–Crippen MR) is 111 cm³/mol. The highest BCUT2D eigenvalue weighted by molar-refractivity contribution is 6.25. The van der Waals surface area contributed by atoms with Crippen molar-refractivity contribution in [3.8, 4) is 11.4 Å². The molecule has 0 aliphatic carbocycles. The zero-order valence-electron chi connectivity index (χ0n) is 17.7. The van der Waals surface area contributed by atoms with Gasteiger partial charge in [-0.05, 0) is 36.2 Å². The summed E-state index contributed by atoms with van der Waals surface area (Å²) in [7, 11) is 0. The second-order valence-corrected chi connectivity index (χ2v) is 7.81. The van der Waals surface area contributed by atoms with Crippen molar-refractivity contribution in [2.24, 2.45) is 10.3 Å². The zero-order valence-corrected chi connectivity index (χ0v) is 17.7. The number of hydrogen-bond donors (Lipinski definition) is 0. The van der Waals surface area contributed by atoms with Crippen LogP contribution in [-0.2, 0) is 28.7 Å². The number of benzene rings is 2. The van der Waals surface area contributed by atoms with Gasteiger partial charge in [0.1, 0.15) is 6.54 Å². The molecule has 2 aliphatic rings. The first-order valence-electron chi connectivity index (χ1n) is 10.4. The van der Waals surface area contributed by atoms with Crippen molar-refractivity contribution < 1.29 is 27.3 Å². The maximum absolute atomic E-state index is 13.1. The first kappa shape index (κ1) is 21.7. The van der Waals surface area contributed by atoms with Crippen molar-refractivity contribution in [3.05, 3.63) is 65.5 Å². The second kappa shape index (κ2) is 8.04. The SMILES string of the molecule is CCc1ccc(N2C(=O)[C@@H]3[C@@H](N=NN3Cc3nc(-c4cccc(C(F)(F)F)c4)no3)C2=O)cc1. The summed E-state index contributed by atoms with van der Waals surface area (Å²) >= 11 is 0. The van der Waals surface area contributed by atoms with Crippen molar-refractivity contribution >= 4 is 17.5 Å². The summed E-state index contributed by atoms with van der Waals surface area (Å²) in [6.07, 6.45) is -3.69. The van der Waals surface area contributed by atoms with E-state index in [1.165, 1.54) is 17.1 Å². The van der Waals surface area contributed by atoms with Crippen LogP contribution in [0.5, 0.6) is 0 Å². The molecule has 0 radical (unpaired) electrons. The Morgan fingerprint density at radius 2 is 1.82 bits per heavy atom. The quantitative estimate of drug-likeness (QED) is 0.526. The smallest absolute Gasteiger partial charge is 0.337 e. The van der Waals surface area contributed by atoms with Gasteiger partial charge in [0, 0.05) is 5.56 Å². The summed E-state index contributed by atoms with van der Waals surface area (Å²) in [5.74, 6) is -0.999. The lowest BCUT2D eigenvalue weighted by molar-refractivity contribution is -0.137. The molecule has 0 spiro atoms. The maximum atomic E-state index is 13.1. The van der Waals surface area contributed by atoms with Crippen LogP contribution in [0.1, 0.15) is 23.9 Å². The lowest BCUT2D eigenvalue weighted by atomic mass is 10.1. The minimum atomic E-state index is -4.51. The Balaban J connectivity index is 1.34. The number of aryl methyl sites for hydroxylation is 1. The number of hydrogen-bond acceptors (Lipinski definition) is 8. The Bertz CT molecular complexity index is 1290. The molecule has 1 aromatic heterocycles. The molecule has 5 rings (SSSR count). The first-order valence-corrected chi connectivity index (χ1v) is 10.4. The van der Waals surface area contributed by atoms with Gasteiger partial charge < -0.3 is 4.52 Å². The fourth-order valence-corrected chi connectivity index (χ4v) is 3.90. The summed E-state index contributed by atoms with van der Waals surface area (Å²) in [6.45, 7) is 1.86. The third-order valence-corrected chi connectivity index (χ3v) is 5.67. The van der Waals surface area contributed by atoms with Gasteiger partial charge in [0.05, 0.1) is 11.3 Å². The van der Waals surface area contributed by atoms with Crippen molar-refractivity contribution in [2.45, 2.75) is 38.1 Å². The predicted octanol–water partition coefficient (Wildman–Crippen LogP) is 3.81. The van der Waals surface area contributed by atoms with Crippen molar-refractivity contribution in [2.75, 3.05) is 4.90 Å². The van der Waals surface area contributed by atoms with Gasteiger partial charge in [-0.1, -0.05) is 41.6 Å². The van der Waals surface area contributed by atoms with Crippen molar-refractivity contribution in [3.63, 3.8) is 0 Å². The number of carbonyl (C=O) groups excluding carboxylic acids is 2. The monoisotopic (exact) mass is 470 g/mol. The highest BCUT2D eigenvalue weighted by Gasteiger charge is 2.55. The molecule has 12 heteroatoms. The van der Waals surface area contributed by atoms with E-state index in [1.807, 2.05) is 19.1 Å². The van der Waals surface area contributed by atoms with Crippen LogP contribution >= 0.6 is 0 Å². The Labute approximate surface area is 190 Å². The fourth-order valence-electron chi connectivity index (χ4n) is 3.90. The highest BCUT2D eigenvalue weighted by atomic mass is 19.4. The zero-order chi connectivity index (χ0) is 24.0. The van der Waals surface area contributed by atoms with E-state index in [1.54, 1.807) is 12.1 Å². The van der Waals surface area contributed by atoms with Crippen LogP contribution in [-0.4, -0.2) is 39.0 Å². The van der Waals surface area contributed by atoms with Gasteiger partial charge in [-0.15, -0.1) is 0 Å². The standard InChI is InChI=1S/C22H17F3N6O3/c1-2-12-6-8-15(9-7-12)31-20(32)17-18(21(31)33)30(29-27-17)11-16-26-19(28-34-16)13-4-3-5-14(10-13)22(23,24)25/h3-10,17-18H,2,11H2,1H3/t17-,18+/m1/s1. The summed E-state index contributed by atoms with van der Waals surface area (Å²) < 4.78 is 44.1. The van der Waals surface area contributed by atoms with Crippen LogP contribution in [0.2, 0.25) is 0 Å². The fraction of sp³-hybridized carbons (Fsp3) is 0.273. The Hall–Kier alpha value is -4.09. The molecule has 2 aromatic carbocycles. The number of aromatic nitrogens is 2. The van der Waals surface area contributed by atoms with E-state index < -0.39 is 35.6 Å². The number of fused-ring (bicyclic) bond motifs is 1. The molecule has 0 saturated carbocycles. The number of amides is 2. The number of halogens is 3. The molecule has 3 aromatic rings. The minimum Gasteiger partial charge on any atom is -0.337 e. The first-order chi connectivity index (χ1) is 16.3. The average Bonchev–Trinajstić information content (AvgIpc) is 3.52. The summed E-state index contributed by atoms with van der Waals surface area (Å²) in [4.78, 5) is 31.1. The highest BCUT2D eigenvalue weighted by Crippen LogP contribution is 2.34. The third-order valence-electron chi connectivity index (χ3n) is 5.67. The molecule has 9 nitrogen and oxygen atoms in total. The Morgan fingerprint density at radius 3 is 2.53 bits per heavy atom. The van der Waals surface area contributed by atoms with Gasteiger partial charge in [-0.3, -0.25) is 14.6 Å². The second-order valence-electron chi connectivity index (χ2n) is 7.81. The largest absolute Gasteiger partial charge is 0.416 e. The molecule has 0 unspecified atom stereocenters.